The Morgan fingerprint density at radius 2 is 1.62 bits per heavy atom. The van der Waals surface area contributed by atoms with Crippen molar-refractivity contribution >= 4 is 17.3 Å². The van der Waals surface area contributed by atoms with E-state index in [1.165, 1.54) is 0 Å². The average molecular weight is 384 g/mol. The average Bonchev–Trinajstić information content (AvgIpc) is 2.67. The van der Waals surface area contributed by atoms with Gasteiger partial charge in [0.15, 0.2) is 16.6 Å². The van der Waals surface area contributed by atoms with Crippen molar-refractivity contribution in [3.63, 3.8) is 0 Å². The lowest BCUT2D eigenvalue weighted by molar-refractivity contribution is 0.171. The number of nitrogens with one attached hydrogen (secondary N) is 1. The van der Waals surface area contributed by atoms with Gasteiger partial charge < -0.3 is 29.2 Å². The van der Waals surface area contributed by atoms with Crippen LogP contribution >= 0.6 is 12.2 Å². The zero-order valence-electron chi connectivity index (χ0n) is 16.0. The molecule has 0 aromatic heterocycles. The SMILES string of the molecule is COCCNC(=S)N1CCN(Cc2cc(OC)c(OC)c(OC)c2)CC1. The minimum absolute atomic E-state index is 0.621. The minimum atomic E-state index is 0.621. The van der Waals surface area contributed by atoms with Crippen LogP contribution < -0.4 is 19.5 Å². The van der Waals surface area contributed by atoms with E-state index in [9.17, 15) is 0 Å². The third-order valence-electron chi connectivity index (χ3n) is 4.37. The van der Waals surface area contributed by atoms with E-state index in [1.54, 1.807) is 28.4 Å². The predicted octanol–water partition coefficient (Wildman–Crippen LogP) is 1.35. The maximum atomic E-state index is 5.44. The summed E-state index contributed by atoms with van der Waals surface area (Å²) in [4.78, 5) is 4.60. The number of rotatable bonds is 8. The fourth-order valence-corrected chi connectivity index (χ4v) is 3.25. The van der Waals surface area contributed by atoms with Gasteiger partial charge in [0.25, 0.3) is 0 Å². The molecule has 1 N–H and O–H groups in total. The van der Waals surface area contributed by atoms with Crippen LogP contribution in [0, 0.1) is 0 Å². The molecule has 0 amide bonds. The molecule has 0 bridgehead atoms. The van der Waals surface area contributed by atoms with Gasteiger partial charge in [0, 0.05) is 46.4 Å². The largest absolute Gasteiger partial charge is 0.493 e. The molecule has 1 aliphatic heterocycles. The van der Waals surface area contributed by atoms with Crippen LogP contribution in [-0.4, -0.2) is 82.7 Å². The summed E-state index contributed by atoms with van der Waals surface area (Å²) in [6, 6.07) is 4.01. The Balaban J connectivity index is 1.92. The van der Waals surface area contributed by atoms with Gasteiger partial charge in [-0.1, -0.05) is 0 Å². The van der Waals surface area contributed by atoms with E-state index >= 15 is 0 Å². The molecular formula is C18H29N3O4S. The van der Waals surface area contributed by atoms with Crippen molar-refractivity contribution < 1.29 is 18.9 Å². The maximum absolute atomic E-state index is 5.44. The van der Waals surface area contributed by atoms with Gasteiger partial charge in [-0.25, -0.2) is 0 Å². The van der Waals surface area contributed by atoms with E-state index in [0.29, 0.717) is 23.9 Å². The molecule has 8 heteroatoms. The van der Waals surface area contributed by atoms with Crippen LogP contribution in [0.4, 0.5) is 0 Å². The summed E-state index contributed by atoms with van der Waals surface area (Å²) < 4.78 is 21.3. The Morgan fingerprint density at radius 3 is 2.12 bits per heavy atom. The van der Waals surface area contributed by atoms with E-state index in [0.717, 1.165) is 49.9 Å². The Hall–Kier alpha value is -1.77. The highest BCUT2D eigenvalue weighted by Crippen LogP contribution is 2.38. The van der Waals surface area contributed by atoms with Crippen LogP contribution in [0.3, 0.4) is 0 Å². The van der Waals surface area contributed by atoms with Crippen molar-refractivity contribution in [2.24, 2.45) is 0 Å². The minimum Gasteiger partial charge on any atom is -0.493 e. The van der Waals surface area contributed by atoms with Gasteiger partial charge in [0.2, 0.25) is 5.75 Å². The molecule has 1 aromatic carbocycles. The molecule has 1 heterocycles. The van der Waals surface area contributed by atoms with Crippen molar-refractivity contribution in [2.45, 2.75) is 6.54 Å². The zero-order chi connectivity index (χ0) is 18.9. The molecular weight excluding hydrogens is 354 g/mol. The van der Waals surface area contributed by atoms with E-state index in [1.807, 2.05) is 12.1 Å². The van der Waals surface area contributed by atoms with Gasteiger partial charge in [-0.2, -0.15) is 0 Å². The molecule has 1 saturated heterocycles. The molecule has 26 heavy (non-hydrogen) atoms. The summed E-state index contributed by atoms with van der Waals surface area (Å²) in [5.41, 5.74) is 1.13. The van der Waals surface area contributed by atoms with Crippen LogP contribution in [0.1, 0.15) is 5.56 Å². The number of ether oxygens (including phenoxy) is 4. The number of piperazine rings is 1. The highest BCUT2D eigenvalue weighted by Gasteiger charge is 2.20. The van der Waals surface area contributed by atoms with Crippen molar-refractivity contribution in [1.29, 1.82) is 0 Å². The summed E-state index contributed by atoms with van der Waals surface area (Å²) >= 11 is 5.44. The quantitative estimate of drug-likeness (QED) is 0.533. The molecule has 0 spiro atoms. The van der Waals surface area contributed by atoms with Gasteiger partial charge >= 0.3 is 0 Å². The first kappa shape index (κ1) is 20.5. The van der Waals surface area contributed by atoms with E-state index < -0.39 is 0 Å². The summed E-state index contributed by atoms with van der Waals surface area (Å²) in [5.74, 6) is 1.99. The molecule has 1 aromatic rings. The fraction of sp³-hybridized carbons (Fsp3) is 0.611. The number of nitrogens with zero attached hydrogens (tertiary/aromatic N) is 2. The van der Waals surface area contributed by atoms with Crippen molar-refractivity contribution in [1.82, 2.24) is 15.1 Å². The third kappa shape index (κ3) is 5.36. The van der Waals surface area contributed by atoms with Crippen LogP contribution in [0.25, 0.3) is 0 Å². The molecule has 146 valence electrons. The number of methoxy groups -OCH3 is 4. The number of thiocarbonyl (C=S) groups is 1. The summed E-state index contributed by atoms with van der Waals surface area (Å²) in [6.45, 7) is 5.93. The Kier molecular flexibility index (Phi) is 8.21. The molecule has 1 fully saturated rings. The molecule has 0 atom stereocenters. The fourth-order valence-electron chi connectivity index (χ4n) is 2.97. The van der Waals surface area contributed by atoms with Crippen molar-refractivity contribution in [3.8, 4) is 17.2 Å². The third-order valence-corrected chi connectivity index (χ3v) is 4.78. The first-order valence-corrected chi connectivity index (χ1v) is 9.06. The second kappa shape index (κ2) is 10.4. The van der Waals surface area contributed by atoms with Gasteiger partial charge in [-0.15, -0.1) is 0 Å². The van der Waals surface area contributed by atoms with Crippen LogP contribution in [0.2, 0.25) is 0 Å². The van der Waals surface area contributed by atoms with E-state index in [-0.39, 0.29) is 0 Å². The van der Waals surface area contributed by atoms with Gasteiger partial charge in [-0.3, -0.25) is 4.90 Å². The lowest BCUT2D eigenvalue weighted by Gasteiger charge is -2.36. The number of benzene rings is 1. The standard InChI is InChI=1S/C18H29N3O4S/c1-22-10-5-19-18(26)21-8-6-20(7-9-21)13-14-11-15(23-2)17(25-4)16(12-14)24-3/h11-12H,5-10,13H2,1-4H3,(H,19,26). The first-order valence-electron chi connectivity index (χ1n) is 8.65. The molecule has 0 unspecified atom stereocenters. The van der Waals surface area contributed by atoms with Crippen LogP contribution in [-0.2, 0) is 11.3 Å². The smallest absolute Gasteiger partial charge is 0.203 e. The second-order valence-electron chi connectivity index (χ2n) is 6.02. The molecule has 0 radical (unpaired) electrons. The van der Waals surface area contributed by atoms with Crippen molar-refractivity contribution in [2.75, 3.05) is 67.8 Å². The Bertz CT molecular complexity index is 567. The Labute approximate surface area is 161 Å². The zero-order valence-corrected chi connectivity index (χ0v) is 16.9. The predicted molar refractivity (Wildman–Crippen MR) is 105 cm³/mol. The lowest BCUT2D eigenvalue weighted by atomic mass is 10.1. The van der Waals surface area contributed by atoms with E-state index in [4.69, 9.17) is 31.2 Å². The van der Waals surface area contributed by atoms with Gasteiger partial charge in [-0.05, 0) is 29.9 Å². The molecule has 1 aliphatic rings. The van der Waals surface area contributed by atoms with E-state index in [2.05, 4.69) is 15.1 Å². The monoisotopic (exact) mass is 383 g/mol. The molecule has 0 aliphatic carbocycles. The molecule has 0 saturated carbocycles. The van der Waals surface area contributed by atoms with Crippen LogP contribution in [0.15, 0.2) is 12.1 Å². The van der Waals surface area contributed by atoms with Crippen LogP contribution in [0.5, 0.6) is 17.2 Å². The maximum Gasteiger partial charge on any atom is 0.203 e. The summed E-state index contributed by atoms with van der Waals surface area (Å²) in [5, 5.41) is 4.03. The highest BCUT2D eigenvalue weighted by atomic mass is 32.1. The lowest BCUT2D eigenvalue weighted by Crippen LogP contribution is -2.51. The highest BCUT2D eigenvalue weighted by molar-refractivity contribution is 7.80. The van der Waals surface area contributed by atoms with Gasteiger partial charge in [0.05, 0.1) is 27.9 Å². The molecule has 7 nitrogen and oxygen atoms in total. The van der Waals surface area contributed by atoms with Crippen molar-refractivity contribution in [3.05, 3.63) is 17.7 Å². The number of hydrogen-bond donors (Lipinski definition) is 1. The summed E-state index contributed by atoms with van der Waals surface area (Å²) in [6.07, 6.45) is 0. The second-order valence-corrected chi connectivity index (χ2v) is 6.41. The Morgan fingerprint density at radius 1 is 1.00 bits per heavy atom. The first-order chi connectivity index (χ1) is 12.6. The van der Waals surface area contributed by atoms with Gasteiger partial charge in [0.1, 0.15) is 0 Å². The topological polar surface area (TPSA) is 55.4 Å². The molecule has 2 rings (SSSR count). The number of hydrogen-bond acceptors (Lipinski definition) is 6. The summed E-state index contributed by atoms with van der Waals surface area (Å²) in [7, 11) is 6.57. The normalized spacial score (nSPS) is 14.8.